The third-order valence-electron chi connectivity index (χ3n) is 9.86. The van der Waals surface area contributed by atoms with Gasteiger partial charge in [0.1, 0.15) is 0 Å². The molecule has 0 aliphatic carbocycles. The minimum absolute atomic E-state index is 0.144. The zero-order valence-electron chi connectivity index (χ0n) is 32.9. The van der Waals surface area contributed by atoms with Crippen LogP contribution >= 0.6 is 0 Å². The third-order valence-corrected chi connectivity index (χ3v) is 9.86. The fraction of sp³-hybridized carbons (Fsp3) is 0.907. The SMILES string of the molecule is O=C(O)CCCCCCCCCCCCCCCCCCC(=O)OCCCOC(=O)CCCCCCCCCCCCCCCCCCC(=O)O. The van der Waals surface area contributed by atoms with E-state index in [-0.39, 0.29) is 11.9 Å². The van der Waals surface area contributed by atoms with E-state index in [1.165, 1.54) is 154 Å². The number of hydrogen-bond acceptors (Lipinski definition) is 6. The van der Waals surface area contributed by atoms with Crippen LogP contribution in [-0.2, 0) is 28.7 Å². The zero-order valence-corrected chi connectivity index (χ0v) is 32.9. The number of esters is 2. The summed E-state index contributed by atoms with van der Waals surface area (Å²) < 4.78 is 10.6. The van der Waals surface area contributed by atoms with Crippen LogP contribution < -0.4 is 0 Å². The Hall–Kier alpha value is -2.12. The maximum Gasteiger partial charge on any atom is 0.305 e. The lowest BCUT2D eigenvalue weighted by atomic mass is 10.0. The van der Waals surface area contributed by atoms with Gasteiger partial charge >= 0.3 is 23.9 Å². The van der Waals surface area contributed by atoms with Crippen LogP contribution in [0.4, 0.5) is 0 Å². The van der Waals surface area contributed by atoms with E-state index in [1.54, 1.807) is 0 Å². The van der Waals surface area contributed by atoms with E-state index in [2.05, 4.69) is 0 Å². The van der Waals surface area contributed by atoms with E-state index >= 15 is 0 Å². The molecule has 0 bridgehead atoms. The third kappa shape index (κ3) is 44.0. The molecule has 0 amide bonds. The van der Waals surface area contributed by atoms with Crippen LogP contribution in [0.25, 0.3) is 0 Å². The maximum atomic E-state index is 12.0. The van der Waals surface area contributed by atoms with Crippen molar-refractivity contribution in [3.05, 3.63) is 0 Å². The largest absolute Gasteiger partial charge is 0.481 e. The van der Waals surface area contributed by atoms with Gasteiger partial charge in [0.15, 0.2) is 0 Å². The highest BCUT2D eigenvalue weighted by Crippen LogP contribution is 2.16. The molecule has 0 radical (unpaired) electrons. The van der Waals surface area contributed by atoms with Gasteiger partial charge in [-0.05, 0) is 25.7 Å². The molecule has 0 fully saturated rings. The Morgan fingerprint density at radius 2 is 0.431 bits per heavy atom. The van der Waals surface area contributed by atoms with Crippen LogP contribution in [0.3, 0.4) is 0 Å². The summed E-state index contributed by atoms with van der Waals surface area (Å²) in [5.41, 5.74) is 0. The van der Waals surface area contributed by atoms with Gasteiger partial charge in [-0.15, -0.1) is 0 Å². The van der Waals surface area contributed by atoms with Gasteiger partial charge in [-0.3, -0.25) is 19.2 Å². The van der Waals surface area contributed by atoms with Gasteiger partial charge in [-0.2, -0.15) is 0 Å². The normalized spacial score (nSPS) is 11.1. The fourth-order valence-electron chi connectivity index (χ4n) is 6.62. The Morgan fingerprint density at radius 1 is 0.255 bits per heavy atom. The van der Waals surface area contributed by atoms with Gasteiger partial charge < -0.3 is 19.7 Å². The molecule has 0 rings (SSSR count). The molecule has 0 aromatic rings. The molecular formula is C43H80O8. The van der Waals surface area contributed by atoms with E-state index in [9.17, 15) is 19.2 Å². The fourth-order valence-corrected chi connectivity index (χ4v) is 6.62. The van der Waals surface area contributed by atoms with Gasteiger partial charge in [0, 0.05) is 32.1 Å². The second kappa shape index (κ2) is 40.6. The summed E-state index contributed by atoms with van der Waals surface area (Å²) in [7, 11) is 0. The van der Waals surface area contributed by atoms with Crippen molar-refractivity contribution >= 4 is 23.9 Å². The first-order valence-electron chi connectivity index (χ1n) is 21.7. The molecule has 51 heavy (non-hydrogen) atoms. The summed E-state index contributed by atoms with van der Waals surface area (Å²) in [6.45, 7) is 0.635. The highest BCUT2D eigenvalue weighted by atomic mass is 16.5. The maximum absolute atomic E-state index is 12.0. The molecule has 0 aromatic heterocycles. The molecule has 0 heterocycles. The molecule has 8 nitrogen and oxygen atoms in total. The molecule has 0 spiro atoms. The van der Waals surface area contributed by atoms with Crippen LogP contribution in [-0.4, -0.2) is 47.3 Å². The van der Waals surface area contributed by atoms with Crippen molar-refractivity contribution in [2.75, 3.05) is 13.2 Å². The highest BCUT2D eigenvalue weighted by molar-refractivity contribution is 5.69. The monoisotopic (exact) mass is 725 g/mol. The number of aliphatic carboxylic acids is 2. The van der Waals surface area contributed by atoms with E-state index in [4.69, 9.17) is 19.7 Å². The summed E-state index contributed by atoms with van der Waals surface area (Å²) in [5, 5.41) is 17.3. The Labute approximate surface area is 313 Å². The van der Waals surface area contributed by atoms with Crippen LogP contribution in [0.15, 0.2) is 0 Å². The standard InChI is InChI=1S/C43H80O8/c44-40(45)34-29-25-21-17-13-9-5-1-3-7-11-15-19-23-27-31-36-42(48)50-38-33-39-51-43(49)37-32-28-24-20-16-12-8-4-2-6-10-14-18-22-26-30-35-41(46)47/h1-39H2,(H,44,45)(H,46,47). The summed E-state index contributed by atoms with van der Waals surface area (Å²) in [5.74, 6) is -1.65. The number of carboxylic acids is 2. The van der Waals surface area contributed by atoms with Gasteiger partial charge in [0.2, 0.25) is 0 Å². The van der Waals surface area contributed by atoms with E-state index in [1.807, 2.05) is 0 Å². The second-order valence-electron chi connectivity index (χ2n) is 14.9. The summed E-state index contributed by atoms with van der Waals surface area (Å²) in [6.07, 6.45) is 40.4. The smallest absolute Gasteiger partial charge is 0.305 e. The zero-order chi connectivity index (χ0) is 37.3. The van der Waals surface area contributed by atoms with Crippen molar-refractivity contribution in [3.8, 4) is 0 Å². The lowest BCUT2D eigenvalue weighted by molar-refractivity contribution is -0.146. The Morgan fingerprint density at radius 3 is 0.627 bits per heavy atom. The van der Waals surface area contributed by atoms with Crippen LogP contribution in [0.1, 0.15) is 238 Å². The first kappa shape index (κ1) is 48.9. The lowest BCUT2D eigenvalue weighted by Crippen LogP contribution is -2.10. The predicted molar refractivity (Wildman–Crippen MR) is 208 cm³/mol. The van der Waals surface area contributed by atoms with Crippen LogP contribution in [0.5, 0.6) is 0 Å². The average Bonchev–Trinajstić information content (AvgIpc) is 3.10. The molecule has 0 unspecified atom stereocenters. The number of unbranched alkanes of at least 4 members (excludes halogenated alkanes) is 30. The number of carboxylic acid groups (broad SMARTS) is 2. The minimum Gasteiger partial charge on any atom is -0.481 e. The number of carbonyl (C=O) groups excluding carboxylic acids is 2. The lowest BCUT2D eigenvalue weighted by Gasteiger charge is -2.07. The minimum atomic E-state index is -0.679. The van der Waals surface area contributed by atoms with Crippen molar-refractivity contribution < 1.29 is 38.9 Å². The van der Waals surface area contributed by atoms with E-state index in [0.29, 0.717) is 45.3 Å². The predicted octanol–water partition coefficient (Wildman–Crippen LogP) is 12.7. The molecule has 300 valence electrons. The summed E-state index contributed by atoms with van der Waals surface area (Å²) in [4.78, 5) is 44.9. The van der Waals surface area contributed by atoms with Gasteiger partial charge in [0.05, 0.1) is 13.2 Å². The Balaban J connectivity index is 3.26. The van der Waals surface area contributed by atoms with Gasteiger partial charge in [-0.25, -0.2) is 0 Å². The second-order valence-corrected chi connectivity index (χ2v) is 14.9. The van der Waals surface area contributed by atoms with Crippen molar-refractivity contribution in [1.29, 1.82) is 0 Å². The molecule has 2 N–H and O–H groups in total. The molecule has 0 aromatic carbocycles. The molecule has 0 atom stereocenters. The molecular weight excluding hydrogens is 644 g/mol. The first-order valence-corrected chi connectivity index (χ1v) is 21.7. The van der Waals surface area contributed by atoms with Crippen molar-refractivity contribution in [2.24, 2.45) is 0 Å². The first-order chi connectivity index (χ1) is 24.9. The van der Waals surface area contributed by atoms with Crippen molar-refractivity contribution in [1.82, 2.24) is 0 Å². The quantitative estimate of drug-likeness (QED) is 0.0470. The molecule has 0 saturated heterocycles. The van der Waals surface area contributed by atoms with Crippen molar-refractivity contribution in [3.63, 3.8) is 0 Å². The van der Waals surface area contributed by atoms with Crippen molar-refractivity contribution in [2.45, 2.75) is 238 Å². The number of hydrogen-bond donors (Lipinski definition) is 2. The molecule has 8 heteroatoms. The molecule has 0 aliphatic rings. The highest BCUT2D eigenvalue weighted by Gasteiger charge is 2.06. The number of ether oxygens (including phenoxy) is 2. The van der Waals surface area contributed by atoms with Crippen LogP contribution in [0, 0.1) is 0 Å². The number of carbonyl (C=O) groups is 4. The molecule has 0 aliphatic heterocycles. The summed E-state index contributed by atoms with van der Waals surface area (Å²) in [6, 6.07) is 0. The van der Waals surface area contributed by atoms with Gasteiger partial charge in [-0.1, -0.05) is 180 Å². The van der Waals surface area contributed by atoms with E-state index in [0.717, 1.165) is 51.4 Å². The number of rotatable bonds is 42. The van der Waals surface area contributed by atoms with Gasteiger partial charge in [0.25, 0.3) is 0 Å². The summed E-state index contributed by atoms with van der Waals surface area (Å²) >= 11 is 0. The Bertz CT molecular complexity index is 735. The Kier molecular flexibility index (Phi) is 39.0. The molecule has 0 saturated carbocycles. The average molecular weight is 725 g/mol. The topological polar surface area (TPSA) is 127 Å². The van der Waals surface area contributed by atoms with Crippen LogP contribution in [0.2, 0.25) is 0 Å². The van der Waals surface area contributed by atoms with E-state index < -0.39 is 11.9 Å².